The first-order chi connectivity index (χ1) is 30.2. The largest absolute Gasteiger partial charge is 0.379 e. The van der Waals surface area contributed by atoms with Gasteiger partial charge in [-0.2, -0.15) is 11.8 Å². The Morgan fingerprint density at radius 3 is 1.95 bits per heavy atom. The second-order valence-corrected chi connectivity index (χ2v) is 18.3. The van der Waals surface area contributed by atoms with Gasteiger partial charge in [0, 0.05) is 74.6 Å². The average Bonchev–Trinajstić information content (AvgIpc) is 3.82. The number of thioether (sulfide) groups is 1. The van der Waals surface area contributed by atoms with E-state index in [2.05, 4.69) is 21.3 Å². The molecular formula is C44H76N4O13S. The molecule has 4 N–H and O–H groups in total. The standard InChI is InChI=1S/C44H76N4O13S/c1-33(49)14-15-36(43(53)46-18-7-13-42-60-31-44(32-61-42)29-58-41(59-30-44)12-6-17-45-2)47-39(51)16-20-55-22-24-57-26-25-56-23-21-54-19-8-10-34(50)9-4-3-5-11-38-35-27-40(52)48-37(35)28-62-38/h35-38,41-42,45H,3-32H2,1-2H3,(H,46,53)(H,47,51)(H,48,52). The minimum Gasteiger partial charge on any atom is -0.379 e. The van der Waals surface area contributed by atoms with Gasteiger partial charge >= 0.3 is 0 Å². The molecule has 1 spiro atoms. The molecule has 4 atom stereocenters. The van der Waals surface area contributed by atoms with Crippen LogP contribution in [-0.2, 0) is 61.9 Å². The molecule has 356 valence electrons. The van der Waals surface area contributed by atoms with Crippen molar-refractivity contribution in [3.05, 3.63) is 0 Å². The van der Waals surface area contributed by atoms with Gasteiger partial charge < -0.3 is 64.0 Å². The molecule has 0 aromatic heterocycles. The Hall–Kier alpha value is -2.26. The van der Waals surface area contributed by atoms with Crippen LogP contribution in [0.15, 0.2) is 0 Å². The highest BCUT2D eigenvalue weighted by Gasteiger charge is 2.43. The van der Waals surface area contributed by atoms with Gasteiger partial charge in [-0.3, -0.25) is 19.2 Å². The van der Waals surface area contributed by atoms with Crippen LogP contribution >= 0.6 is 11.8 Å². The molecule has 0 radical (unpaired) electrons. The minimum atomic E-state index is -0.828. The number of ketones is 2. The number of carbonyl (C=O) groups excluding carboxylic acids is 5. The van der Waals surface area contributed by atoms with E-state index in [0.29, 0.717) is 141 Å². The number of amides is 3. The molecule has 0 aromatic carbocycles. The molecule has 0 bridgehead atoms. The summed E-state index contributed by atoms with van der Waals surface area (Å²) in [6, 6.07) is -0.458. The number of rotatable bonds is 35. The molecule has 4 rings (SSSR count). The van der Waals surface area contributed by atoms with E-state index >= 15 is 0 Å². The molecule has 4 heterocycles. The topological polar surface area (TPSA) is 207 Å². The molecule has 18 heteroatoms. The summed E-state index contributed by atoms with van der Waals surface area (Å²) in [5, 5.41) is 12.4. The Kier molecular flexibility index (Phi) is 26.0. The van der Waals surface area contributed by atoms with Gasteiger partial charge in [-0.15, -0.1) is 0 Å². The predicted octanol–water partition coefficient (Wildman–Crippen LogP) is 2.85. The summed E-state index contributed by atoms with van der Waals surface area (Å²) < 4.78 is 46.0. The molecule has 0 saturated carbocycles. The molecule has 4 saturated heterocycles. The Bertz CT molecular complexity index is 1310. The van der Waals surface area contributed by atoms with Gasteiger partial charge in [0.1, 0.15) is 17.6 Å². The Morgan fingerprint density at radius 2 is 1.32 bits per heavy atom. The molecule has 4 unspecified atom stereocenters. The van der Waals surface area contributed by atoms with E-state index in [1.54, 1.807) is 0 Å². The fourth-order valence-electron chi connectivity index (χ4n) is 7.89. The Labute approximate surface area is 372 Å². The van der Waals surface area contributed by atoms with E-state index in [1.807, 2.05) is 18.8 Å². The van der Waals surface area contributed by atoms with Crippen molar-refractivity contribution in [2.45, 2.75) is 133 Å². The van der Waals surface area contributed by atoms with Gasteiger partial charge in [0.25, 0.3) is 0 Å². The number of nitrogens with one attached hydrogen (secondary N) is 4. The van der Waals surface area contributed by atoms with E-state index in [0.717, 1.165) is 50.8 Å². The summed E-state index contributed by atoms with van der Waals surface area (Å²) in [6.07, 6.45) is 9.71. The average molecular weight is 901 g/mol. The van der Waals surface area contributed by atoms with Crippen molar-refractivity contribution in [1.29, 1.82) is 0 Å². The van der Waals surface area contributed by atoms with Crippen molar-refractivity contribution in [2.75, 3.05) is 105 Å². The summed E-state index contributed by atoms with van der Waals surface area (Å²) in [4.78, 5) is 61.1. The van der Waals surface area contributed by atoms with Gasteiger partial charge in [0.2, 0.25) is 17.7 Å². The van der Waals surface area contributed by atoms with E-state index < -0.39 is 6.04 Å². The molecule has 4 fully saturated rings. The number of fused-ring (bicyclic) bond motifs is 1. The van der Waals surface area contributed by atoms with Crippen LogP contribution in [0.5, 0.6) is 0 Å². The fraction of sp³-hybridized carbons (Fsp3) is 0.886. The summed E-state index contributed by atoms with van der Waals surface area (Å²) in [5.41, 5.74) is -0.302. The molecule has 0 aliphatic carbocycles. The number of unbranched alkanes of at least 4 members (excludes halogenated alkanes) is 2. The lowest BCUT2D eigenvalue weighted by Gasteiger charge is -2.43. The van der Waals surface area contributed by atoms with Crippen molar-refractivity contribution < 1.29 is 61.9 Å². The van der Waals surface area contributed by atoms with Crippen molar-refractivity contribution in [3.63, 3.8) is 0 Å². The van der Waals surface area contributed by atoms with Crippen LogP contribution in [0.1, 0.15) is 103 Å². The van der Waals surface area contributed by atoms with Crippen molar-refractivity contribution in [1.82, 2.24) is 21.3 Å². The van der Waals surface area contributed by atoms with Gasteiger partial charge in [-0.1, -0.05) is 12.8 Å². The SMILES string of the molecule is CNCCCC1OCC2(CO1)COC(CCCNC(=O)C(CCC(C)=O)NC(=O)CCOCCOCCOCCOCCCC(=O)CCCCCC1SCC3NC(=O)CC31)OC2. The maximum atomic E-state index is 13.0. The number of Topliss-reactive ketones (excluding diaryl/α,β-unsaturated/α-hetero) is 2. The molecule has 4 aliphatic rings. The normalized spacial score (nSPS) is 25.1. The lowest BCUT2D eigenvalue weighted by Crippen LogP contribution is -2.52. The third-order valence-electron chi connectivity index (χ3n) is 11.6. The van der Waals surface area contributed by atoms with Crippen LogP contribution in [0.4, 0.5) is 0 Å². The lowest BCUT2D eigenvalue weighted by molar-refractivity contribution is -0.304. The van der Waals surface area contributed by atoms with Crippen molar-refractivity contribution in [2.24, 2.45) is 11.3 Å². The maximum absolute atomic E-state index is 13.0. The zero-order valence-corrected chi connectivity index (χ0v) is 38.2. The van der Waals surface area contributed by atoms with Crippen LogP contribution in [0.25, 0.3) is 0 Å². The highest BCUT2D eigenvalue weighted by Crippen LogP contribution is 2.40. The minimum absolute atomic E-state index is 0.0604. The smallest absolute Gasteiger partial charge is 0.242 e. The number of ether oxygens (including phenoxy) is 8. The second kappa shape index (κ2) is 30.8. The molecule has 17 nitrogen and oxygen atoms in total. The van der Waals surface area contributed by atoms with E-state index in [1.165, 1.54) is 6.92 Å². The van der Waals surface area contributed by atoms with Gasteiger partial charge in [0.05, 0.1) is 78.1 Å². The van der Waals surface area contributed by atoms with E-state index in [4.69, 9.17) is 37.9 Å². The molecule has 0 aromatic rings. The first-order valence-electron chi connectivity index (χ1n) is 23.1. The number of hydrogen-bond donors (Lipinski definition) is 4. The monoisotopic (exact) mass is 901 g/mol. The molecular weight excluding hydrogens is 825 g/mol. The first-order valence-corrected chi connectivity index (χ1v) is 24.1. The first kappa shape index (κ1) is 52.4. The lowest BCUT2D eigenvalue weighted by atomic mass is 9.90. The Balaban J connectivity index is 0.901. The van der Waals surface area contributed by atoms with Crippen molar-refractivity contribution >= 4 is 41.0 Å². The predicted molar refractivity (Wildman–Crippen MR) is 233 cm³/mol. The van der Waals surface area contributed by atoms with Gasteiger partial charge in [0.15, 0.2) is 12.6 Å². The van der Waals surface area contributed by atoms with E-state index in [-0.39, 0.29) is 67.4 Å². The van der Waals surface area contributed by atoms with Crippen LogP contribution in [0.3, 0.4) is 0 Å². The third-order valence-corrected chi connectivity index (χ3v) is 13.1. The van der Waals surface area contributed by atoms with Gasteiger partial charge in [-0.25, -0.2) is 0 Å². The molecule has 4 aliphatic heterocycles. The highest BCUT2D eigenvalue weighted by molar-refractivity contribution is 8.00. The maximum Gasteiger partial charge on any atom is 0.242 e. The summed E-state index contributed by atoms with van der Waals surface area (Å²) in [7, 11) is 1.93. The van der Waals surface area contributed by atoms with Crippen LogP contribution in [0.2, 0.25) is 0 Å². The van der Waals surface area contributed by atoms with Gasteiger partial charge in [-0.05, 0) is 65.5 Å². The second-order valence-electron chi connectivity index (χ2n) is 17.0. The summed E-state index contributed by atoms with van der Waals surface area (Å²) in [6.45, 7) is 7.83. The zero-order chi connectivity index (χ0) is 44.3. The fourth-order valence-corrected chi connectivity index (χ4v) is 9.54. The van der Waals surface area contributed by atoms with Crippen LogP contribution in [0, 0.1) is 11.3 Å². The number of hydrogen-bond acceptors (Lipinski definition) is 15. The van der Waals surface area contributed by atoms with Crippen molar-refractivity contribution in [3.8, 4) is 0 Å². The quantitative estimate of drug-likeness (QED) is 0.0675. The Morgan fingerprint density at radius 1 is 0.726 bits per heavy atom. The molecule has 3 amide bonds. The third kappa shape index (κ3) is 21.2. The number of carbonyl (C=O) groups is 5. The summed E-state index contributed by atoms with van der Waals surface area (Å²) >= 11 is 1.99. The van der Waals surface area contributed by atoms with Crippen LogP contribution < -0.4 is 21.3 Å². The van der Waals surface area contributed by atoms with E-state index in [9.17, 15) is 24.0 Å². The molecule has 62 heavy (non-hydrogen) atoms. The summed E-state index contributed by atoms with van der Waals surface area (Å²) in [5.74, 6) is 1.28. The highest BCUT2D eigenvalue weighted by atomic mass is 32.2. The van der Waals surface area contributed by atoms with Crippen LogP contribution in [-0.4, -0.2) is 164 Å². The zero-order valence-electron chi connectivity index (χ0n) is 37.4.